The van der Waals surface area contributed by atoms with Gasteiger partial charge in [0.25, 0.3) is 5.91 Å². The number of hydrogen-bond acceptors (Lipinski definition) is 4. The molecule has 0 saturated carbocycles. The zero-order chi connectivity index (χ0) is 14.2. The Morgan fingerprint density at radius 2 is 2.24 bits per heavy atom. The highest BCUT2D eigenvalue weighted by atomic mass is 32.1. The number of benzene rings is 1. The standard InChI is InChI=1S/C16H12N2O2S/c19-16(15-2-1-9-21-15)18-7-5-13(17-18)11-3-4-14-12(10-11)6-8-20-14/h1-5,7,9-10H,6,8H2. The number of ether oxygens (including phenoxy) is 1. The first-order valence-corrected chi connectivity index (χ1v) is 7.59. The SMILES string of the molecule is O=C(c1cccs1)n1ccc(-c2ccc3c(c2)CCO3)n1. The maximum absolute atomic E-state index is 12.2. The molecule has 0 fully saturated rings. The van der Waals surface area contributed by atoms with Crippen molar-refractivity contribution in [1.82, 2.24) is 9.78 Å². The monoisotopic (exact) mass is 296 g/mol. The van der Waals surface area contributed by atoms with Crippen LogP contribution in [0.2, 0.25) is 0 Å². The molecule has 2 aromatic heterocycles. The van der Waals surface area contributed by atoms with E-state index in [1.807, 2.05) is 29.6 Å². The van der Waals surface area contributed by atoms with E-state index in [9.17, 15) is 4.79 Å². The van der Waals surface area contributed by atoms with Gasteiger partial charge in [0.05, 0.1) is 17.2 Å². The lowest BCUT2D eigenvalue weighted by molar-refractivity contribution is 0.0949. The maximum atomic E-state index is 12.2. The molecule has 0 bridgehead atoms. The summed E-state index contributed by atoms with van der Waals surface area (Å²) in [6.45, 7) is 0.740. The summed E-state index contributed by atoms with van der Waals surface area (Å²) < 4.78 is 6.90. The van der Waals surface area contributed by atoms with E-state index in [4.69, 9.17) is 4.74 Å². The topological polar surface area (TPSA) is 44.1 Å². The molecule has 0 spiro atoms. The summed E-state index contributed by atoms with van der Waals surface area (Å²) in [5.74, 6) is 0.855. The molecular weight excluding hydrogens is 284 g/mol. The number of aromatic nitrogens is 2. The molecule has 1 aliphatic heterocycles. The highest BCUT2D eigenvalue weighted by Gasteiger charge is 2.15. The molecule has 0 N–H and O–H groups in total. The van der Waals surface area contributed by atoms with Gasteiger partial charge in [0.15, 0.2) is 0 Å². The largest absolute Gasteiger partial charge is 0.493 e. The van der Waals surface area contributed by atoms with Gasteiger partial charge < -0.3 is 4.74 Å². The highest BCUT2D eigenvalue weighted by molar-refractivity contribution is 7.12. The molecule has 0 amide bonds. The summed E-state index contributed by atoms with van der Waals surface area (Å²) >= 11 is 1.42. The van der Waals surface area contributed by atoms with Crippen LogP contribution >= 0.6 is 11.3 Å². The molecule has 1 aromatic carbocycles. The van der Waals surface area contributed by atoms with Gasteiger partial charge >= 0.3 is 0 Å². The summed E-state index contributed by atoms with van der Waals surface area (Å²) in [5, 5.41) is 6.28. The van der Waals surface area contributed by atoms with E-state index in [1.165, 1.54) is 21.6 Å². The van der Waals surface area contributed by atoms with Crippen LogP contribution in [0.5, 0.6) is 5.75 Å². The predicted molar refractivity (Wildman–Crippen MR) is 80.9 cm³/mol. The fraction of sp³-hybridized carbons (Fsp3) is 0.125. The first-order chi connectivity index (χ1) is 10.3. The second-order valence-corrected chi connectivity index (χ2v) is 5.80. The predicted octanol–water partition coefficient (Wildman–Crippen LogP) is 3.24. The van der Waals surface area contributed by atoms with Gasteiger partial charge in [-0.1, -0.05) is 6.07 Å². The van der Waals surface area contributed by atoms with Crippen LogP contribution < -0.4 is 4.74 Å². The van der Waals surface area contributed by atoms with Crippen molar-refractivity contribution in [3.05, 3.63) is 58.4 Å². The second-order valence-electron chi connectivity index (χ2n) is 4.85. The van der Waals surface area contributed by atoms with Crippen molar-refractivity contribution in [3.63, 3.8) is 0 Å². The Balaban J connectivity index is 1.67. The van der Waals surface area contributed by atoms with E-state index in [1.54, 1.807) is 12.3 Å². The van der Waals surface area contributed by atoms with Crippen LogP contribution in [0, 0.1) is 0 Å². The molecule has 4 nitrogen and oxygen atoms in total. The fourth-order valence-corrected chi connectivity index (χ4v) is 3.11. The number of hydrogen-bond donors (Lipinski definition) is 0. The molecule has 21 heavy (non-hydrogen) atoms. The van der Waals surface area contributed by atoms with Crippen molar-refractivity contribution in [2.45, 2.75) is 6.42 Å². The molecule has 0 radical (unpaired) electrons. The van der Waals surface area contributed by atoms with Gasteiger partial charge in [0, 0.05) is 18.2 Å². The molecule has 0 unspecified atom stereocenters. The van der Waals surface area contributed by atoms with Gasteiger partial charge in [-0.05, 0) is 41.3 Å². The van der Waals surface area contributed by atoms with Crippen LogP contribution in [0.1, 0.15) is 15.2 Å². The first kappa shape index (κ1) is 12.3. The normalized spacial score (nSPS) is 13.0. The zero-order valence-corrected chi connectivity index (χ0v) is 12.0. The summed E-state index contributed by atoms with van der Waals surface area (Å²) in [7, 11) is 0. The van der Waals surface area contributed by atoms with Crippen LogP contribution in [0.4, 0.5) is 0 Å². The summed E-state index contributed by atoms with van der Waals surface area (Å²) in [6, 6.07) is 11.6. The molecule has 4 rings (SSSR count). The van der Waals surface area contributed by atoms with Crippen LogP contribution in [-0.4, -0.2) is 22.3 Å². The van der Waals surface area contributed by atoms with E-state index >= 15 is 0 Å². The molecule has 3 heterocycles. The Kier molecular flexibility index (Phi) is 2.86. The van der Waals surface area contributed by atoms with Crippen molar-refractivity contribution in [3.8, 4) is 17.0 Å². The molecule has 1 aliphatic rings. The minimum atomic E-state index is -0.0965. The third-order valence-corrected chi connectivity index (χ3v) is 4.37. The van der Waals surface area contributed by atoms with Crippen molar-refractivity contribution in [1.29, 1.82) is 0 Å². The zero-order valence-electron chi connectivity index (χ0n) is 11.2. The van der Waals surface area contributed by atoms with Gasteiger partial charge in [-0.15, -0.1) is 11.3 Å². The lowest BCUT2D eigenvalue weighted by Crippen LogP contribution is -2.10. The van der Waals surface area contributed by atoms with Gasteiger partial charge in [-0.25, -0.2) is 4.68 Å². The van der Waals surface area contributed by atoms with Crippen molar-refractivity contribution in [2.75, 3.05) is 6.61 Å². The molecule has 0 atom stereocenters. The van der Waals surface area contributed by atoms with Crippen molar-refractivity contribution < 1.29 is 9.53 Å². The van der Waals surface area contributed by atoms with E-state index < -0.39 is 0 Å². The van der Waals surface area contributed by atoms with Gasteiger partial charge in [0.1, 0.15) is 5.75 Å². The lowest BCUT2D eigenvalue weighted by Gasteiger charge is -2.01. The average Bonchev–Trinajstić information content (AvgIpc) is 3.25. The van der Waals surface area contributed by atoms with Gasteiger partial charge in [0.2, 0.25) is 0 Å². The minimum Gasteiger partial charge on any atom is -0.493 e. The van der Waals surface area contributed by atoms with E-state index in [0.717, 1.165) is 30.0 Å². The molecule has 0 aliphatic carbocycles. The quantitative estimate of drug-likeness (QED) is 0.729. The first-order valence-electron chi connectivity index (χ1n) is 6.71. The number of fused-ring (bicyclic) bond motifs is 1. The van der Waals surface area contributed by atoms with Crippen LogP contribution in [0.25, 0.3) is 11.3 Å². The summed E-state index contributed by atoms with van der Waals surface area (Å²) in [6.07, 6.45) is 2.64. The fourth-order valence-electron chi connectivity index (χ4n) is 2.45. The highest BCUT2D eigenvalue weighted by Crippen LogP contribution is 2.29. The molecular formula is C16H12N2O2S. The number of thiophene rings is 1. The Bertz CT molecular complexity index is 806. The average molecular weight is 296 g/mol. The second kappa shape index (κ2) is 4.86. The van der Waals surface area contributed by atoms with Crippen molar-refractivity contribution >= 4 is 17.2 Å². The minimum absolute atomic E-state index is 0.0965. The molecule has 0 saturated heterocycles. The van der Waals surface area contributed by atoms with Crippen LogP contribution in [0.15, 0.2) is 48.0 Å². The van der Waals surface area contributed by atoms with E-state index in [2.05, 4.69) is 11.2 Å². The van der Waals surface area contributed by atoms with Crippen LogP contribution in [0.3, 0.4) is 0 Å². The molecule has 104 valence electrons. The third kappa shape index (κ3) is 2.15. The summed E-state index contributed by atoms with van der Waals surface area (Å²) in [4.78, 5) is 12.9. The molecule has 5 heteroatoms. The smallest absolute Gasteiger partial charge is 0.288 e. The van der Waals surface area contributed by atoms with E-state index in [0.29, 0.717) is 4.88 Å². The number of nitrogens with zero attached hydrogens (tertiary/aromatic N) is 2. The Morgan fingerprint density at radius 1 is 1.29 bits per heavy atom. The Morgan fingerprint density at radius 3 is 3.10 bits per heavy atom. The van der Waals surface area contributed by atoms with Gasteiger partial charge in [-0.3, -0.25) is 4.79 Å². The summed E-state index contributed by atoms with van der Waals surface area (Å²) in [5.41, 5.74) is 3.01. The number of carbonyl (C=O) groups excluding carboxylic acids is 1. The number of carbonyl (C=O) groups is 1. The van der Waals surface area contributed by atoms with E-state index in [-0.39, 0.29) is 5.91 Å². The number of rotatable bonds is 2. The maximum Gasteiger partial charge on any atom is 0.288 e. The van der Waals surface area contributed by atoms with Gasteiger partial charge in [-0.2, -0.15) is 5.10 Å². The molecule has 3 aromatic rings. The third-order valence-electron chi connectivity index (χ3n) is 3.51. The Hall–Kier alpha value is -2.40. The van der Waals surface area contributed by atoms with Crippen molar-refractivity contribution in [2.24, 2.45) is 0 Å². The van der Waals surface area contributed by atoms with Crippen LogP contribution in [-0.2, 0) is 6.42 Å². The Labute approximate surface area is 125 Å². The lowest BCUT2D eigenvalue weighted by atomic mass is 10.1.